The number of nitrogens with one attached hydrogen (secondary N) is 1. The molecular formula is C18H25NO5. The molecule has 132 valence electrons. The van der Waals surface area contributed by atoms with Crippen molar-refractivity contribution in [3.63, 3.8) is 0 Å². The summed E-state index contributed by atoms with van der Waals surface area (Å²) < 4.78 is 11.5. The zero-order valence-electron chi connectivity index (χ0n) is 14.1. The molecule has 1 saturated carbocycles. The summed E-state index contributed by atoms with van der Waals surface area (Å²) in [7, 11) is 0. The average molecular weight is 335 g/mol. The summed E-state index contributed by atoms with van der Waals surface area (Å²) in [6.45, 7) is 2.46. The van der Waals surface area contributed by atoms with Crippen molar-refractivity contribution in [2.45, 2.75) is 69.9 Å². The number of rotatable bonds is 4. The fourth-order valence-electron chi connectivity index (χ4n) is 3.94. The van der Waals surface area contributed by atoms with Gasteiger partial charge >= 0.3 is 5.97 Å². The Hall–Kier alpha value is -1.82. The lowest BCUT2D eigenvalue weighted by atomic mass is 9.78. The van der Waals surface area contributed by atoms with E-state index in [1.807, 2.05) is 0 Å². The molecule has 2 fully saturated rings. The lowest BCUT2D eigenvalue weighted by Gasteiger charge is -2.43. The molecule has 0 radical (unpaired) electrons. The third-order valence-electron chi connectivity index (χ3n) is 5.18. The highest BCUT2D eigenvalue weighted by Gasteiger charge is 2.39. The molecular weight excluding hydrogens is 310 g/mol. The summed E-state index contributed by atoms with van der Waals surface area (Å²) >= 11 is 0. The first-order valence-corrected chi connectivity index (χ1v) is 8.84. The number of aryl methyl sites for hydroxylation is 1. The number of carboxylic acids is 1. The molecule has 1 saturated heterocycles. The fraction of sp³-hybridized carbons (Fsp3) is 0.667. The molecule has 2 N–H and O–H groups in total. The minimum Gasteiger partial charge on any atom is -0.478 e. The van der Waals surface area contributed by atoms with Gasteiger partial charge in [0.05, 0.1) is 5.60 Å². The lowest BCUT2D eigenvalue weighted by molar-refractivity contribution is -0.108. The third-order valence-corrected chi connectivity index (χ3v) is 5.18. The Morgan fingerprint density at radius 3 is 2.71 bits per heavy atom. The van der Waals surface area contributed by atoms with Crippen LogP contribution in [0, 0.1) is 0 Å². The van der Waals surface area contributed by atoms with E-state index in [-0.39, 0.29) is 28.9 Å². The van der Waals surface area contributed by atoms with Crippen molar-refractivity contribution in [3.8, 4) is 0 Å². The summed E-state index contributed by atoms with van der Waals surface area (Å²) in [6.07, 6.45) is 7.78. The number of aromatic carboxylic acids is 1. The first-order chi connectivity index (χ1) is 11.5. The molecule has 1 atom stereocenters. The molecule has 1 aromatic heterocycles. The fourth-order valence-corrected chi connectivity index (χ4v) is 3.94. The number of ether oxygens (including phenoxy) is 1. The second-order valence-electron chi connectivity index (χ2n) is 6.86. The topological polar surface area (TPSA) is 88.8 Å². The molecule has 2 aliphatic rings. The van der Waals surface area contributed by atoms with Crippen LogP contribution in [0.3, 0.4) is 0 Å². The van der Waals surface area contributed by atoms with Gasteiger partial charge in [-0.25, -0.2) is 4.79 Å². The van der Waals surface area contributed by atoms with E-state index in [2.05, 4.69) is 5.32 Å². The molecule has 6 nitrogen and oxygen atoms in total. The van der Waals surface area contributed by atoms with E-state index in [4.69, 9.17) is 9.15 Å². The highest BCUT2D eigenvalue weighted by atomic mass is 16.5. The summed E-state index contributed by atoms with van der Waals surface area (Å²) in [5.74, 6) is -0.992. The number of hydrogen-bond acceptors (Lipinski definition) is 4. The van der Waals surface area contributed by atoms with Crippen LogP contribution in [0.4, 0.5) is 0 Å². The van der Waals surface area contributed by atoms with Crippen LogP contribution in [-0.2, 0) is 11.2 Å². The average Bonchev–Trinajstić information content (AvgIpc) is 3.00. The zero-order valence-corrected chi connectivity index (χ0v) is 14.1. The van der Waals surface area contributed by atoms with Crippen molar-refractivity contribution in [1.82, 2.24) is 5.32 Å². The Labute approximate surface area is 141 Å². The Morgan fingerprint density at radius 2 is 2.08 bits per heavy atom. The van der Waals surface area contributed by atoms with Gasteiger partial charge in [-0.3, -0.25) is 4.79 Å². The maximum absolute atomic E-state index is 12.4. The summed E-state index contributed by atoms with van der Waals surface area (Å²) in [5.41, 5.74) is -0.0170. The van der Waals surface area contributed by atoms with Gasteiger partial charge in [-0.15, -0.1) is 0 Å². The van der Waals surface area contributed by atoms with Crippen LogP contribution in [0.2, 0.25) is 0 Å². The first kappa shape index (κ1) is 17.0. The molecule has 3 rings (SSSR count). The molecule has 0 unspecified atom stereocenters. The van der Waals surface area contributed by atoms with Gasteiger partial charge in [-0.2, -0.15) is 0 Å². The van der Waals surface area contributed by atoms with Gasteiger partial charge in [0.2, 0.25) is 0 Å². The number of amides is 1. The predicted molar refractivity (Wildman–Crippen MR) is 87.3 cm³/mol. The molecule has 6 heteroatoms. The lowest BCUT2D eigenvalue weighted by Crippen LogP contribution is -2.49. The van der Waals surface area contributed by atoms with E-state index in [9.17, 15) is 14.7 Å². The van der Waals surface area contributed by atoms with Crippen molar-refractivity contribution >= 4 is 11.9 Å². The molecule has 0 bridgehead atoms. The van der Waals surface area contributed by atoms with E-state index < -0.39 is 5.97 Å². The van der Waals surface area contributed by atoms with Crippen molar-refractivity contribution in [3.05, 3.63) is 23.2 Å². The maximum Gasteiger partial charge on any atom is 0.339 e. The van der Waals surface area contributed by atoms with Gasteiger partial charge < -0.3 is 19.6 Å². The number of hydrogen-bond donors (Lipinski definition) is 2. The van der Waals surface area contributed by atoms with Crippen LogP contribution < -0.4 is 5.32 Å². The molecule has 24 heavy (non-hydrogen) atoms. The second kappa shape index (κ2) is 6.97. The minimum absolute atomic E-state index is 0.0489. The Morgan fingerprint density at radius 1 is 1.33 bits per heavy atom. The van der Waals surface area contributed by atoms with Crippen LogP contribution in [-0.4, -0.2) is 35.2 Å². The predicted octanol–water partition coefficient (Wildman–Crippen LogP) is 3.15. The summed E-state index contributed by atoms with van der Waals surface area (Å²) in [6, 6.07) is 1.37. The van der Waals surface area contributed by atoms with E-state index in [1.165, 1.54) is 25.3 Å². The van der Waals surface area contributed by atoms with Crippen LogP contribution in [0.1, 0.15) is 78.5 Å². The largest absolute Gasteiger partial charge is 0.478 e. The van der Waals surface area contributed by atoms with Gasteiger partial charge in [-0.1, -0.05) is 26.2 Å². The van der Waals surface area contributed by atoms with Crippen LogP contribution >= 0.6 is 0 Å². The maximum atomic E-state index is 12.4. The second-order valence-corrected chi connectivity index (χ2v) is 6.86. The SMILES string of the molecule is CCc1oc(C(=O)N[C@@H]2CCOC3(CCCCC3)C2)cc1C(=O)O. The molecule has 1 aromatic rings. The number of carbonyl (C=O) groups is 2. The molecule has 1 amide bonds. The summed E-state index contributed by atoms with van der Waals surface area (Å²) in [5, 5.41) is 12.2. The number of carbonyl (C=O) groups excluding carboxylic acids is 1. The van der Waals surface area contributed by atoms with Gasteiger partial charge in [0.15, 0.2) is 5.76 Å². The smallest absolute Gasteiger partial charge is 0.339 e. The molecule has 1 spiro atoms. The highest BCUT2D eigenvalue weighted by Crippen LogP contribution is 2.38. The van der Waals surface area contributed by atoms with Gasteiger partial charge in [-0.05, 0) is 25.7 Å². The minimum atomic E-state index is -1.07. The van der Waals surface area contributed by atoms with Crippen LogP contribution in [0.5, 0.6) is 0 Å². The van der Waals surface area contributed by atoms with Gasteiger partial charge in [0.25, 0.3) is 5.91 Å². The van der Waals surface area contributed by atoms with Gasteiger partial charge in [0, 0.05) is 25.1 Å². The summed E-state index contributed by atoms with van der Waals surface area (Å²) in [4.78, 5) is 23.7. The standard InChI is InChI=1S/C18H25NO5/c1-2-14-13(17(21)22)10-15(24-14)16(20)19-12-6-9-23-18(11-12)7-4-3-5-8-18/h10,12H,2-9,11H2,1H3,(H,19,20)(H,21,22)/t12-/m1/s1. The highest BCUT2D eigenvalue weighted by molar-refractivity contribution is 5.96. The quantitative estimate of drug-likeness (QED) is 0.882. The van der Waals surface area contributed by atoms with Crippen LogP contribution in [0.25, 0.3) is 0 Å². The van der Waals surface area contributed by atoms with E-state index in [0.717, 1.165) is 25.7 Å². The van der Waals surface area contributed by atoms with Gasteiger partial charge in [0.1, 0.15) is 11.3 Å². The van der Waals surface area contributed by atoms with Crippen molar-refractivity contribution in [2.75, 3.05) is 6.61 Å². The molecule has 1 aliphatic carbocycles. The Balaban J connectivity index is 1.67. The Kier molecular flexibility index (Phi) is 4.94. The molecule has 2 heterocycles. The van der Waals surface area contributed by atoms with E-state index >= 15 is 0 Å². The normalized spacial score (nSPS) is 23.1. The zero-order chi connectivity index (χ0) is 17.2. The first-order valence-electron chi connectivity index (χ1n) is 8.84. The third kappa shape index (κ3) is 3.48. The number of carboxylic acid groups (broad SMARTS) is 1. The van der Waals surface area contributed by atoms with E-state index in [0.29, 0.717) is 18.8 Å². The molecule has 1 aliphatic heterocycles. The van der Waals surface area contributed by atoms with Crippen LogP contribution in [0.15, 0.2) is 10.5 Å². The van der Waals surface area contributed by atoms with Crippen molar-refractivity contribution in [2.24, 2.45) is 0 Å². The molecule has 0 aromatic carbocycles. The number of furan rings is 1. The monoisotopic (exact) mass is 335 g/mol. The van der Waals surface area contributed by atoms with Crippen molar-refractivity contribution < 1.29 is 23.8 Å². The Bertz CT molecular complexity index is 609. The van der Waals surface area contributed by atoms with E-state index in [1.54, 1.807) is 6.92 Å². The van der Waals surface area contributed by atoms with Crippen molar-refractivity contribution in [1.29, 1.82) is 0 Å².